The van der Waals surface area contributed by atoms with Crippen molar-refractivity contribution in [3.05, 3.63) is 0 Å². The number of nitrogens with two attached hydrogens (primary N) is 1. The number of amides is 3. The van der Waals surface area contributed by atoms with E-state index in [1.807, 2.05) is 13.8 Å². The smallest absolute Gasteiger partial charge is 0.323 e. The molecule has 132 valence electrons. The SMILES string of the molecule is CC(C)C(OC(=O)CN[C-]=O)C(=O)N1CCCC1.NC=O.[Fm]. The van der Waals surface area contributed by atoms with Crippen LogP contribution in [0.15, 0.2) is 0 Å². The summed E-state index contributed by atoms with van der Waals surface area (Å²) in [6.07, 6.45) is 2.85. The maximum absolute atomic E-state index is 12.1. The summed E-state index contributed by atoms with van der Waals surface area (Å²) in [5, 5.41) is 2.10. The number of hydrogen-bond acceptors (Lipinski definition) is 5. The van der Waals surface area contributed by atoms with Gasteiger partial charge in [-0.15, -0.1) is 0 Å². The minimum atomic E-state index is -0.774. The number of carbonyl (C=O) groups is 3. The zero-order chi connectivity index (χ0) is 16.3. The molecule has 1 fully saturated rings. The van der Waals surface area contributed by atoms with Crippen molar-refractivity contribution in [3.63, 3.8) is 0 Å². The number of ether oxygens (including phenoxy) is 1. The Morgan fingerprint density at radius 2 is 1.86 bits per heavy atom. The van der Waals surface area contributed by atoms with Gasteiger partial charge in [-0.1, -0.05) is 13.8 Å². The molecule has 1 unspecified atom stereocenters. The molecule has 0 aromatic carbocycles. The summed E-state index contributed by atoms with van der Waals surface area (Å²) in [6, 6.07) is 0. The molecule has 0 aromatic rings. The Hall–Kier alpha value is -3.12. The average molecular weight is 557 g/mol. The fraction of sp³-hybridized carbons (Fsp3) is 0.692. The Labute approximate surface area is 124 Å². The summed E-state index contributed by atoms with van der Waals surface area (Å²) in [5.74, 6) is -0.863. The van der Waals surface area contributed by atoms with Crippen LogP contribution >= 0.6 is 0 Å². The van der Waals surface area contributed by atoms with Gasteiger partial charge in [-0.25, -0.2) is 0 Å². The van der Waals surface area contributed by atoms with E-state index in [9.17, 15) is 14.4 Å². The first-order valence-corrected chi connectivity index (χ1v) is 6.71. The molecule has 0 saturated carbocycles. The summed E-state index contributed by atoms with van der Waals surface area (Å²) in [5.41, 5.74) is 4.17. The molecular weight excluding hydrogens is 535 g/mol. The Morgan fingerprint density at radius 1 is 1.36 bits per heavy atom. The van der Waals surface area contributed by atoms with E-state index in [1.54, 1.807) is 4.90 Å². The minimum absolute atomic E-state index is 0. The summed E-state index contributed by atoms with van der Waals surface area (Å²) in [6.45, 7) is 4.83. The molecule has 22 heavy (non-hydrogen) atoms. The molecule has 1 atom stereocenters. The standard InChI is InChI=1S/C12H19N2O4.CH3NO.Fm/c1-9(2)11(18-10(16)7-13-8-15)12(17)14-5-3-4-6-14;2-1-3;/h9,11H,3-7H2,1-2H3,(H,13,15);1H,(H2,2,3);/q-1;;. The van der Waals surface area contributed by atoms with Crippen molar-refractivity contribution < 1.29 is 23.9 Å². The second-order valence-corrected chi connectivity index (χ2v) is 4.78. The van der Waals surface area contributed by atoms with Crippen molar-refractivity contribution in [1.82, 2.24) is 10.2 Å². The van der Waals surface area contributed by atoms with Crippen LogP contribution in [0.5, 0.6) is 0 Å². The Kier molecular flexibility index (Phi) is 11.3. The van der Waals surface area contributed by atoms with Gasteiger partial charge < -0.3 is 25.5 Å². The fourth-order valence-corrected chi connectivity index (χ4v) is 1.88. The average Bonchev–Trinajstić information content (AvgIpc) is 2.96. The van der Waals surface area contributed by atoms with Gasteiger partial charge in [-0.3, -0.25) is 14.4 Å². The third-order valence-corrected chi connectivity index (χ3v) is 2.83. The van der Waals surface area contributed by atoms with Crippen molar-refractivity contribution >= 4 is 24.7 Å². The van der Waals surface area contributed by atoms with Gasteiger partial charge in [0.05, 0.1) is 6.54 Å². The van der Waals surface area contributed by atoms with Crippen LogP contribution in [0.1, 0.15) is 26.7 Å². The third kappa shape index (κ3) is 7.46. The van der Waals surface area contributed by atoms with Gasteiger partial charge in [0.2, 0.25) is 6.41 Å². The number of nitrogens with one attached hydrogen (secondary N) is 1. The number of likely N-dealkylation sites (tertiary alicyclic amines) is 1. The van der Waals surface area contributed by atoms with Crippen molar-refractivity contribution in [2.75, 3.05) is 19.6 Å². The van der Waals surface area contributed by atoms with Gasteiger partial charge in [-0.2, -0.15) is 6.41 Å². The van der Waals surface area contributed by atoms with Crippen LogP contribution in [0, 0.1) is 5.92 Å². The van der Waals surface area contributed by atoms with Crippen LogP contribution < -0.4 is 11.1 Å². The summed E-state index contributed by atoms with van der Waals surface area (Å²) in [4.78, 5) is 43.8. The molecule has 0 aromatic heterocycles. The van der Waals surface area contributed by atoms with Gasteiger partial charge in [-0.05, 0) is 18.8 Å². The van der Waals surface area contributed by atoms with E-state index in [0.29, 0.717) is 0 Å². The maximum Gasteiger partial charge on any atom is 0.323 e. The first-order valence-electron chi connectivity index (χ1n) is 6.71. The molecule has 0 bridgehead atoms. The van der Waals surface area contributed by atoms with Crippen LogP contribution in [0.4, 0.5) is 0 Å². The molecule has 1 saturated heterocycles. The minimum Gasteiger partial charge on any atom is -0.521 e. The number of primary amides is 1. The Balaban J connectivity index is 0. The summed E-state index contributed by atoms with van der Waals surface area (Å²) >= 11 is 0. The monoisotopic (exact) mass is 557 g/mol. The van der Waals surface area contributed by atoms with Crippen LogP contribution in [0.2, 0.25) is 0 Å². The molecule has 3 amide bonds. The zero-order valence-corrected chi connectivity index (χ0v) is 15.0. The Bertz CT molecular complexity index is 360. The van der Waals surface area contributed by atoms with Gasteiger partial charge in [0.1, 0.15) is 0 Å². The first-order chi connectivity index (χ1) is 9.97. The molecule has 9 heteroatoms. The number of hydrogen-bond donors (Lipinski definition) is 2. The summed E-state index contributed by atoms with van der Waals surface area (Å²) in [7, 11) is 0. The zero-order valence-electron chi connectivity index (χ0n) is 12.6. The molecule has 1 aliphatic rings. The largest absolute Gasteiger partial charge is 0.521 e. The Morgan fingerprint density at radius 3 is 2.27 bits per heavy atom. The maximum atomic E-state index is 12.1. The van der Waals surface area contributed by atoms with E-state index < -0.39 is 12.1 Å². The predicted molar refractivity (Wildman–Crippen MR) is 74.5 cm³/mol. The molecule has 1 aliphatic heterocycles. The van der Waals surface area contributed by atoms with E-state index in [2.05, 4.69) is 11.1 Å². The van der Waals surface area contributed by atoms with Crippen molar-refractivity contribution in [2.45, 2.75) is 32.8 Å². The van der Waals surface area contributed by atoms with Crippen LogP contribution in [-0.4, -0.2) is 55.3 Å². The molecule has 0 aliphatic carbocycles. The normalized spacial score (nSPS) is 14.0. The van der Waals surface area contributed by atoms with Gasteiger partial charge >= 0.3 is 5.97 Å². The molecule has 1 rings (SSSR count). The van der Waals surface area contributed by atoms with E-state index in [1.165, 1.54) is 6.41 Å². The fourth-order valence-electron chi connectivity index (χ4n) is 1.88. The molecule has 1 heterocycles. The van der Waals surface area contributed by atoms with Crippen molar-refractivity contribution in [3.8, 4) is 0 Å². The topological polar surface area (TPSA) is 119 Å². The van der Waals surface area contributed by atoms with Gasteiger partial charge in [0, 0.05) is 13.1 Å². The number of rotatable bonds is 6. The van der Waals surface area contributed by atoms with Crippen molar-refractivity contribution in [1.29, 1.82) is 0 Å². The second kappa shape index (κ2) is 11.7. The van der Waals surface area contributed by atoms with E-state index >= 15 is 0 Å². The number of nitrogens with zero attached hydrogens (tertiary/aromatic N) is 1. The molecule has 8 nitrogen and oxygen atoms in total. The van der Waals surface area contributed by atoms with Gasteiger partial charge in [0.15, 0.2) is 6.10 Å². The van der Waals surface area contributed by atoms with Crippen LogP contribution in [-0.2, 0) is 23.9 Å². The third-order valence-electron chi connectivity index (χ3n) is 2.83. The quantitative estimate of drug-likeness (QED) is 0.187. The summed E-state index contributed by atoms with van der Waals surface area (Å²) < 4.78 is 5.12. The van der Waals surface area contributed by atoms with E-state index in [0.717, 1.165) is 25.9 Å². The first kappa shape index (κ1) is 21.2. The van der Waals surface area contributed by atoms with Crippen LogP contribution in [0.25, 0.3) is 0 Å². The van der Waals surface area contributed by atoms with Crippen molar-refractivity contribution in [2.24, 2.45) is 11.7 Å². The van der Waals surface area contributed by atoms with Gasteiger partial charge in [0.25, 0.3) is 5.91 Å². The molecular formula is C13H22FmN3O5-. The number of esters is 1. The number of carbonyl (C=O) groups excluding carboxylic acids is 4. The molecule has 3 N–H and O–H groups in total. The van der Waals surface area contributed by atoms with E-state index in [4.69, 9.17) is 9.53 Å². The predicted octanol–water partition coefficient (Wildman–Crippen LogP) is -1.07. The van der Waals surface area contributed by atoms with E-state index in [-0.39, 0.29) is 24.8 Å². The second-order valence-electron chi connectivity index (χ2n) is 4.78. The van der Waals surface area contributed by atoms with Crippen LogP contribution in [0.3, 0.4) is 0 Å². The molecule has 0 spiro atoms. The molecule has 0 radical (unpaired) electrons.